The summed E-state index contributed by atoms with van der Waals surface area (Å²) >= 11 is 0. The summed E-state index contributed by atoms with van der Waals surface area (Å²) in [4.78, 5) is 28.6. The summed E-state index contributed by atoms with van der Waals surface area (Å²) in [6.07, 6.45) is -8.97. The van der Waals surface area contributed by atoms with Crippen molar-refractivity contribution in [3.8, 4) is 5.75 Å². The van der Waals surface area contributed by atoms with E-state index in [1.54, 1.807) is 0 Å². The van der Waals surface area contributed by atoms with Gasteiger partial charge in [-0.1, -0.05) is 13.0 Å². The van der Waals surface area contributed by atoms with Crippen LogP contribution in [0.15, 0.2) is 30.5 Å². The van der Waals surface area contributed by atoms with Crippen LogP contribution in [0.5, 0.6) is 5.75 Å². The van der Waals surface area contributed by atoms with E-state index in [0.717, 1.165) is 33.2 Å². The summed E-state index contributed by atoms with van der Waals surface area (Å²) in [5.74, 6) is -6.40. The Kier molecular flexibility index (Phi) is 7.53. The molecule has 4 atom stereocenters. The fourth-order valence-electron chi connectivity index (χ4n) is 4.25. The monoisotopic (exact) mass is 519 g/mol. The van der Waals surface area contributed by atoms with E-state index in [1.807, 2.05) is 0 Å². The molecule has 2 aromatic rings. The predicted molar refractivity (Wildman–Crippen MR) is 115 cm³/mol. The summed E-state index contributed by atoms with van der Waals surface area (Å²) in [7, 11) is 2.36. The first-order valence-electron chi connectivity index (χ1n) is 10.6. The Morgan fingerprint density at radius 3 is 2.36 bits per heavy atom. The molecule has 3 rings (SSSR count). The van der Waals surface area contributed by atoms with Crippen LogP contribution in [0.2, 0.25) is 0 Å². The molecule has 0 saturated carbocycles. The minimum absolute atomic E-state index is 0.0272. The summed E-state index contributed by atoms with van der Waals surface area (Å²) in [6, 6.07) is 4.28. The highest BCUT2D eigenvalue weighted by Gasteiger charge is 2.66. The van der Waals surface area contributed by atoms with Gasteiger partial charge in [-0.15, -0.1) is 0 Å². The Bertz CT molecular complexity index is 1140. The first kappa shape index (κ1) is 27.2. The highest BCUT2D eigenvalue weighted by Crippen LogP contribution is 2.55. The number of amides is 2. The zero-order valence-electron chi connectivity index (χ0n) is 19.5. The van der Waals surface area contributed by atoms with Crippen LogP contribution in [-0.2, 0) is 9.53 Å². The highest BCUT2D eigenvalue weighted by atomic mass is 19.4. The van der Waals surface area contributed by atoms with Crippen molar-refractivity contribution in [1.29, 1.82) is 0 Å². The van der Waals surface area contributed by atoms with Crippen LogP contribution in [0, 0.1) is 11.7 Å². The third-order valence-corrected chi connectivity index (χ3v) is 6.37. The van der Waals surface area contributed by atoms with E-state index in [-0.39, 0.29) is 16.9 Å². The predicted octanol–water partition coefficient (Wildman–Crippen LogP) is 4.60. The normalized spacial score (nSPS) is 24.0. The molecule has 0 bridgehead atoms. The van der Waals surface area contributed by atoms with Crippen LogP contribution >= 0.6 is 0 Å². The maximum Gasteiger partial charge on any atom is 0.417 e. The van der Waals surface area contributed by atoms with Gasteiger partial charge in [-0.2, -0.15) is 13.2 Å². The van der Waals surface area contributed by atoms with Gasteiger partial charge >= 0.3 is 6.18 Å². The average molecular weight is 519 g/mol. The molecule has 2 heterocycles. The number of nitrogens with one attached hydrogen (secondary N) is 2. The molecule has 196 valence electrons. The molecule has 0 radical (unpaired) electrons. The number of aromatic nitrogens is 1. The van der Waals surface area contributed by atoms with Gasteiger partial charge in [-0.25, -0.2) is 18.2 Å². The van der Waals surface area contributed by atoms with Gasteiger partial charge in [0, 0.05) is 24.4 Å². The van der Waals surface area contributed by atoms with Crippen molar-refractivity contribution >= 4 is 17.5 Å². The second-order valence-corrected chi connectivity index (χ2v) is 8.34. The second kappa shape index (κ2) is 9.96. The SMILES string of the molecule is CNC(=O)c1ccc(NC(=O)[C@@H]2O[C@@](C)(C(F)(F)F)[C@@H](C)[C@H]2c2ccc(F)c(C(F)F)c2OC)cn1. The molecule has 13 heteroatoms. The zero-order valence-corrected chi connectivity index (χ0v) is 19.5. The number of anilines is 1. The first-order chi connectivity index (χ1) is 16.8. The molecule has 1 fully saturated rings. The van der Waals surface area contributed by atoms with Crippen LogP contribution in [0.4, 0.5) is 32.0 Å². The minimum atomic E-state index is -4.94. The van der Waals surface area contributed by atoms with Gasteiger partial charge in [0.25, 0.3) is 18.2 Å². The van der Waals surface area contributed by atoms with Crippen molar-refractivity contribution in [3.63, 3.8) is 0 Å². The summed E-state index contributed by atoms with van der Waals surface area (Å²) in [5.41, 5.74) is -4.13. The Labute approximate surface area is 202 Å². The summed E-state index contributed by atoms with van der Waals surface area (Å²) < 4.78 is 93.7. The molecule has 7 nitrogen and oxygen atoms in total. The number of carbonyl (C=O) groups excluding carboxylic acids is 2. The fourth-order valence-corrected chi connectivity index (χ4v) is 4.25. The van der Waals surface area contributed by atoms with Crippen molar-refractivity contribution in [2.75, 3.05) is 19.5 Å². The summed E-state index contributed by atoms with van der Waals surface area (Å²) in [6.45, 7) is 1.91. The summed E-state index contributed by atoms with van der Waals surface area (Å²) in [5, 5.41) is 4.73. The molecule has 2 amide bonds. The van der Waals surface area contributed by atoms with Gasteiger partial charge in [0.15, 0.2) is 5.60 Å². The van der Waals surface area contributed by atoms with E-state index in [0.29, 0.717) is 6.07 Å². The maximum absolute atomic E-state index is 14.2. The fraction of sp³-hybridized carbons (Fsp3) is 0.435. The lowest BCUT2D eigenvalue weighted by atomic mass is 9.76. The number of ether oxygens (including phenoxy) is 2. The molecule has 1 aliphatic rings. The molecule has 2 N–H and O–H groups in total. The Morgan fingerprint density at radius 1 is 1.19 bits per heavy atom. The third kappa shape index (κ3) is 4.71. The van der Waals surface area contributed by atoms with Crippen molar-refractivity contribution in [2.45, 2.75) is 44.1 Å². The number of halogens is 6. The molecule has 1 aromatic carbocycles. The van der Waals surface area contributed by atoms with E-state index in [1.165, 1.54) is 19.2 Å². The number of hydrogen-bond acceptors (Lipinski definition) is 5. The van der Waals surface area contributed by atoms with Gasteiger partial charge in [-0.3, -0.25) is 9.59 Å². The van der Waals surface area contributed by atoms with Gasteiger partial charge in [0.2, 0.25) is 0 Å². The lowest BCUT2D eigenvalue weighted by molar-refractivity contribution is -0.272. The minimum Gasteiger partial charge on any atom is -0.496 e. The van der Waals surface area contributed by atoms with E-state index < -0.39 is 65.1 Å². The lowest BCUT2D eigenvalue weighted by Gasteiger charge is -2.32. The van der Waals surface area contributed by atoms with Crippen molar-refractivity contribution in [1.82, 2.24) is 10.3 Å². The maximum atomic E-state index is 14.2. The van der Waals surface area contributed by atoms with Crippen LogP contribution in [0.1, 0.15) is 47.8 Å². The Hall–Kier alpha value is -3.35. The van der Waals surface area contributed by atoms with Crippen molar-refractivity contribution in [2.24, 2.45) is 5.92 Å². The molecule has 0 unspecified atom stereocenters. The van der Waals surface area contributed by atoms with Crippen LogP contribution in [0.3, 0.4) is 0 Å². The number of benzene rings is 1. The van der Waals surface area contributed by atoms with Crippen molar-refractivity contribution in [3.05, 3.63) is 53.1 Å². The zero-order chi connectivity index (χ0) is 27.0. The Morgan fingerprint density at radius 2 is 1.86 bits per heavy atom. The molecular weight excluding hydrogens is 496 g/mol. The van der Waals surface area contributed by atoms with Crippen LogP contribution < -0.4 is 15.4 Å². The lowest BCUT2D eigenvalue weighted by Crippen LogP contribution is -2.47. The topological polar surface area (TPSA) is 89.6 Å². The number of pyridine rings is 1. The highest BCUT2D eigenvalue weighted by molar-refractivity contribution is 5.96. The molecule has 0 aliphatic carbocycles. The average Bonchev–Trinajstić information content (AvgIpc) is 3.10. The van der Waals surface area contributed by atoms with E-state index in [9.17, 15) is 35.9 Å². The number of nitrogens with zero attached hydrogens (tertiary/aromatic N) is 1. The molecule has 1 aromatic heterocycles. The second-order valence-electron chi connectivity index (χ2n) is 8.34. The first-order valence-corrected chi connectivity index (χ1v) is 10.6. The number of methoxy groups -OCH3 is 1. The number of alkyl halides is 5. The quantitative estimate of drug-likeness (QED) is 0.545. The number of rotatable bonds is 6. The Balaban J connectivity index is 2.07. The standard InChI is InChI=1S/C23H23F6N3O4/c1-10-15(12-6-7-13(24)16(19(25)26)17(12)35-4)18(36-22(10,2)23(27,28)29)21(34)32-11-5-8-14(31-9-11)20(33)30-3/h5-10,15,18-19H,1-4H3,(H,30,33)(H,32,34)/t10-,15-,18+,22+/m0/s1. The van der Waals surface area contributed by atoms with Gasteiger partial charge in [-0.05, 0) is 25.1 Å². The van der Waals surface area contributed by atoms with Crippen molar-refractivity contribution < 1.29 is 45.4 Å². The van der Waals surface area contributed by atoms with E-state index in [2.05, 4.69) is 15.6 Å². The third-order valence-electron chi connectivity index (χ3n) is 6.37. The molecule has 0 spiro atoms. The van der Waals surface area contributed by atoms with Gasteiger partial charge in [0.05, 0.1) is 24.6 Å². The molecule has 1 saturated heterocycles. The molecule has 36 heavy (non-hydrogen) atoms. The van der Waals surface area contributed by atoms with Crippen LogP contribution in [0.25, 0.3) is 0 Å². The number of hydrogen-bond donors (Lipinski definition) is 2. The van der Waals surface area contributed by atoms with Gasteiger partial charge in [0.1, 0.15) is 23.4 Å². The molecule has 1 aliphatic heterocycles. The smallest absolute Gasteiger partial charge is 0.417 e. The van der Waals surface area contributed by atoms with E-state index in [4.69, 9.17) is 9.47 Å². The largest absolute Gasteiger partial charge is 0.496 e. The van der Waals surface area contributed by atoms with Gasteiger partial charge < -0.3 is 20.1 Å². The molecular formula is C23H23F6N3O4. The van der Waals surface area contributed by atoms with Crippen LogP contribution in [-0.4, -0.2) is 48.8 Å². The van der Waals surface area contributed by atoms with E-state index >= 15 is 0 Å². The number of carbonyl (C=O) groups is 2.